The number of ether oxygens (including phenoxy) is 1. The van der Waals surface area contributed by atoms with Crippen molar-refractivity contribution in [1.29, 1.82) is 5.26 Å². The van der Waals surface area contributed by atoms with Gasteiger partial charge < -0.3 is 9.64 Å². The van der Waals surface area contributed by atoms with E-state index < -0.39 is 0 Å². The molecule has 3 aromatic rings. The molecule has 0 aliphatic carbocycles. The van der Waals surface area contributed by atoms with Crippen LogP contribution in [-0.2, 0) is 4.79 Å². The molecule has 2 fully saturated rings. The Labute approximate surface area is 184 Å². The molecule has 1 aromatic heterocycles. The first-order chi connectivity index (χ1) is 15.2. The summed E-state index contributed by atoms with van der Waals surface area (Å²) in [7, 11) is 0. The van der Waals surface area contributed by atoms with Gasteiger partial charge in [-0.3, -0.25) is 14.6 Å². The van der Waals surface area contributed by atoms with Crippen molar-refractivity contribution in [2.24, 2.45) is 0 Å². The van der Waals surface area contributed by atoms with Crippen LogP contribution in [0.2, 0.25) is 0 Å². The summed E-state index contributed by atoms with van der Waals surface area (Å²) in [5.74, 6) is 1.52. The predicted octanol–water partition coefficient (Wildman–Crippen LogP) is 3.42. The summed E-state index contributed by atoms with van der Waals surface area (Å²) >= 11 is 1.48. The van der Waals surface area contributed by atoms with Crippen LogP contribution in [0.25, 0.3) is 10.6 Å². The molecular weight excluding hydrogens is 410 g/mol. The van der Waals surface area contributed by atoms with Crippen LogP contribution in [0, 0.1) is 11.5 Å². The number of carbonyl (C=O) groups excluding carboxylic acids is 1. The number of para-hydroxylation sites is 2. The lowest BCUT2D eigenvalue weighted by molar-refractivity contribution is -0.127. The first-order valence-electron chi connectivity index (χ1n) is 10.2. The average molecular weight is 432 g/mol. The molecule has 31 heavy (non-hydrogen) atoms. The van der Waals surface area contributed by atoms with E-state index in [0.717, 1.165) is 40.2 Å². The van der Waals surface area contributed by atoms with Crippen LogP contribution in [0.1, 0.15) is 0 Å². The molecular formula is C23H21N5O2S. The number of carbonyl (C=O) groups is 1. The average Bonchev–Trinajstić information content (AvgIpc) is 3.30. The van der Waals surface area contributed by atoms with Gasteiger partial charge >= 0.3 is 0 Å². The zero-order valence-corrected chi connectivity index (χ0v) is 17.7. The van der Waals surface area contributed by atoms with Crippen molar-refractivity contribution in [3.8, 4) is 28.3 Å². The first kappa shape index (κ1) is 19.5. The summed E-state index contributed by atoms with van der Waals surface area (Å²) in [6.07, 6.45) is 3.94. The van der Waals surface area contributed by atoms with Gasteiger partial charge in [0.05, 0.1) is 18.3 Å². The molecule has 8 heteroatoms. The van der Waals surface area contributed by atoms with Gasteiger partial charge in [0.25, 0.3) is 0 Å². The molecule has 1 amide bonds. The molecule has 0 bridgehead atoms. The Morgan fingerprint density at radius 1 is 1.03 bits per heavy atom. The topological polar surface area (TPSA) is 72.7 Å². The molecule has 2 aromatic carbocycles. The summed E-state index contributed by atoms with van der Waals surface area (Å²) in [6.45, 7) is 3.31. The summed E-state index contributed by atoms with van der Waals surface area (Å²) in [5.41, 5.74) is 0.891. The first-order valence-corrected chi connectivity index (χ1v) is 11.0. The zero-order valence-electron chi connectivity index (χ0n) is 16.8. The van der Waals surface area contributed by atoms with Crippen LogP contribution in [0.3, 0.4) is 0 Å². The second-order valence-electron chi connectivity index (χ2n) is 7.50. The van der Waals surface area contributed by atoms with Crippen molar-refractivity contribution in [2.45, 2.75) is 6.04 Å². The van der Waals surface area contributed by atoms with E-state index >= 15 is 0 Å². The Morgan fingerprint density at radius 2 is 1.81 bits per heavy atom. The molecule has 0 saturated carbocycles. The lowest BCUT2D eigenvalue weighted by Gasteiger charge is -2.44. The van der Waals surface area contributed by atoms with E-state index in [1.54, 1.807) is 11.1 Å². The van der Waals surface area contributed by atoms with Crippen LogP contribution in [0.15, 0.2) is 60.8 Å². The Bertz CT molecular complexity index is 1130. The number of hydrogen-bond donors (Lipinski definition) is 0. The number of rotatable bonds is 4. The van der Waals surface area contributed by atoms with Gasteiger partial charge in [0.15, 0.2) is 6.19 Å². The standard InChI is InChI=1S/C23H21N5O2S/c24-16-26-10-11-27-12-13-28(23(29)19(27)15-26)21-14-25-22(31-21)18-8-4-5-9-20(18)30-17-6-2-1-3-7-17/h1-9,14,19H,10-13,15H2/t19-/m1/s1. The minimum Gasteiger partial charge on any atom is -0.457 e. The summed E-state index contributed by atoms with van der Waals surface area (Å²) in [6, 6.07) is 17.2. The predicted molar refractivity (Wildman–Crippen MR) is 119 cm³/mol. The van der Waals surface area contributed by atoms with Gasteiger partial charge in [-0.25, -0.2) is 4.98 Å². The normalized spacial score (nSPS) is 19.1. The number of aromatic nitrogens is 1. The smallest absolute Gasteiger partial charge is 0.246 e. The van der Waals surface area contributed by atoms with Crippen molar-refractivity contribution >= 4 is 22.2 Å². The highest BCUT2D eigenvalue weighted by Gasteiger charge is 2.39. The maximum atomic E-state index is 13.2. The quantitative estimate of drug-likeness (QED) is 0.590. The number of benzene rings is 2. The molecule has 2 aliphatic heterocycles. The van der Waals surface area contributed by atoms with E-state index in [2.05, 4.69) is 16.1 Å². The van der Waals surface area contributed by atoms with Gasteiger partial charge in [0.2, 0.25) is 5.91 Å². The van der Waals surface area contributed by atoms with Crippen molar-refractivity contribution in [3.05, 3.63) is 60.8 Å². The fraction of sp³-hybridized carbons (Fsp3) is 0.261. The molecule has 156 valence electrons. The number of hydrogen-bond acceptors (Lipinski definition) is 7. The lowest BCUT2D eigenvalue weighted by Crippen LogP contribution is -2.64. The van der Waals surface area contributed by atoms with E-state index in [-0.39, 0.29) is 11.9 Å². The van der Waals surface area contributed by atoms with Gasteiger partial charge in [-0.2, -0.15) is 5.26 Å². The molecule has 0 unspecified atom stereocenters. The van der Waals surface area contributed by atoms with Crippen molar-refractivity contribution in [1.82, 2.24) is 14.8 Å². The maximum absolute atomic E-state index is 13.2. The molecule has 0 radical (unpaired) electrons. The molecule has 0 N–H and O–H groups in total. The highest BCUT2D eigenvalue weighted by Crippen LogP contribution is 2.38. The highest BCUT2D eigenvalue weighted by molar-refractivity contribution is 7.19. The van der Waals surface area contributed by atoms with E-state index in [0.29, 0.717) is 19.6 Å². The molecule has 0 spiro atoms. The lowest BCUT2D eigenvalue weighted by atomic mass is 10.1. The number of nitriles is 1. The number of nitrogens with zero attached hydrogens (tertiary/aromatic N) is 5. The van der Waals surface area contributed by atoms with Crippen molar-refractivity contribution in [2.75, 3.05) is 37.6 Å². The fourth-order valence-corrected chi connectivity index (χ4v) is 4.99. The number of piperazine rings is 2. The number of amides is 1. The Kier molecular flexibility index (Phi) is 5.28. The van der Waals surface area contributed by atoms with E-state index in [4.69, 9.17) is 4.74 Å². The second kappa shape index (κ2) is 8.38. The largest absolute Gasteiger partial charge is 0.457 e. The maximum Gasteiger partial charge on any atom is 0.246 e. The third-order valence-corrected chi connectivity index (χ3v) is 6.70. The van der Waals surface area contributed by atoms with Crippen LogP contribution in [0.5, 0.6) is 11.5 Å². The van der Waals surface area contributed by atoms with E-state index in [1.165, 1.54) is 11.3 Å². The highest BCUT2D eigenvalue weighted by atomic mass is 32.1. The minimum absolute atomic E-state index is 0.0372. The summed E-state index contributed by atoms with van der Waals surface area (Å²) in [5, 5.41) is 10.9. The van der Waals surface area contributed by atoms with Crippen LogP contribution in [-0.4, -0.2) is 59.5 Å². The van der Waals surface area contributed by atoms with Gasteiger partial charge in [-0.05, 0) is 24.3 Å². The van der Waals surface area contributed by atoms with Crippen LogP contribution < -0.4 is 9.64 Å². The minimum atomic E-state index is -0.276. The van der Waals surface area contributed by atoms with Gasteiger partial charge in [-0.1, -0.05) is 41.7 Å². The van der Waals surface area contributed by atoms with E-state index in [9.17, 15) is 10.1 Å². The number of anilines is 1. The van der Waals surface area contributed by atoms with Crippen molar-refractivity contribution < 1.29 is 9.53 Å². The Balaban J connectivity index is 1.39. The molecule has 2 saturated heterocycles. The number of fused-ring (bicyclic) bond motifs is 1. The number of thiazole rings is 1. The Morgan fingerprint density at radius 3 is 2.65 bits per heavy atom. The molecule has 5 rings (SSSR count). The fourth-order valence-electron chi connectivity index (χ4n) is 4.01. The Hall–Kier alpha value is -3.41. The van der Waals surface area contributed by atoms with Crippen LogP contribution in [0.4, 0.5) is 5.00 Å². The second-order valence-corrected chi connectivity index (χ2v) is 8.51. The monoisotopic (exact) mass is 431 g/mol. The molecule has 1 atom stereocenters. The third-order valence-electron chi connectivity index (χ3n) is 5.64. The van der Waals surface area contributed by atoms with Crippen LogP contribution >= 0.6 is 11.3 Å². The molecule has 2 aliphatic rings. The van der Waals surface area contributed by atoms with Gasteiger partial charge in [0, 0.05) is 26.2 Å². The summed E-state index contributed by atoms with van der Waals surface area (Å²) in [4.78, 5) is 23.4. The molecule has 3 heterocycles. The van der Waals surface area contributed by atoms with Crippen molar-refractivity contribution in [3.63, 3.8) is 0 Å². The SMILES string of the molecule is N#CN1CCN2CCN(c3cnc(-c4ccccc4Oc4ccccc4)s3)C(=O)[C@H]2C1. The molecule has 7 nitrogen and oxygen atoms in total. The van der Waals surface area contributed by atoms with Gasteiger partial charge in [-0.15, -0.1) is 0 Å². The summed E-state index contributed by atoms with van der Waals surface area (Å²) < 4.78 is 6.08. The van der Waals surface area contributed by atoms with E-state index in [1.807, 2.05) is 59.5 Å². The zero-order chi connectivity index (χ0) is 21.2. The third kappa shape index (κ3) is 3.85. The van der Waals surface area contributed by atoms with Gasteiger partial charge in [0.1, 0.15) is 27.5 Å².